The average Bonchev–Trinajstić information content (AvgIpc) is 3.09. The smallest absolute Gasteiger partial charge is 0.236 e. The first kappa shape index (κ1) is 15.7. The van der Waals surface area contributed by atoms with Crippen LogP contribution in [0.5, 0.6) is 0 Å². The quantitative estimate of drug-likeness (QED) is 0.844. The van der Waals surface area contributed by atoms with Crippen molar-refractivity contribution < 1.29 is 13.2 Å². The zero-order chi connectivity index (χ0) is 15.5. The van der Waals surface area contributed by atoms with Crippen LogP contribution in [-0.4, -0.2) is 30.0 Å². The molecule has 2 heterocycles. The lowest BCUT2D eigenvalue weighted by Gasteiger charge is -2.11. The van der Waals surface area contributed by atoms with E-state index in [1.165, 1.54) is 17.5 Å². The minimum absolute atomic E-state index is 0.154. The van der Waals surface area contributed by atoms with Gasteiger partial charge >= 0.3 is 0 Å². The molecule has 0 spiro atoms. The van der Waals surface area contributed by atoms with Crippen molar-refractivity contribution >= 4 is 27.1 Å². The number of carbonyl (C=O) groups excluding carboxylic acids is 1. The van der Waals surface area contributed by atoms with Crippen molar-refractivity contribution in [2.24, 2.45) is 0 Å². The summed E-state index contributed by atoms with van der Waals surface area (Å²) >= 11 is 1.51. The molecule has 2 aromatic heterocycles. The van der Waals surface area contributed by atoms with E-state index in [2.05, 4.69) is 15.3 Å². The predicted molar refractivity (Wildman–Crippen MR) is 80.9 cm³/mol. The first-order chi connectivity index (χ1) is 9.92. The summed E-state index contributed by atoms with van der Waals surface area (Å²) in [6.07, 6.45) is 2.13. The van der Waals surface area contributed by atoms with Crippen molar-refractivity contribution in [1.29, 1.82) is 0 Å². The number of aryl methyl sites for hydroxylation is 1. The molecule has 0 unspecified atom stereocenters. The zero-order valence-electron chi connectivity index (χ0n) is 11.8. The van der Waals surface area contributed by atoms with E-state index in [9.17, 15) is 13.2 Å². The Morgan fingerprint density at radius 3 is 2.86 bits per heavy atom. The van der Waals surface area contributed by atoms with Crippen LogP contribution >= 0.6 is 11.3 Å². The predicted octanol–water partition coefficient (Wildman–Crippen LogP) is 1.68. The summed E-state index contributed by atoms with van der Waals surface area (Å²) in [6, 6.07) is 3.56. The Morgan fingerprint density at radius 2 is 2.29 bits per heavy atom. The fraction of sp³-hybridized carbons (Fsp3) is 0.385. The molecular weight excluding hydrogens is 310 g/mol. The van der Waals surface area contributed by atoms with E-state index in [1.54, 1.807) is 0 Å². The molecule has 0 aliphatic carbocycles. The fourth-order valence-corrected chi connectivity index (χ4v) is 3.61. The molecule has 8 heteroatoms. The van der Waals surface area contributed by atoms with Crippen LogP contribution in [0.4, 0.5) is 0 Å². The number of carbonyl (C=O) groups is 1. The molecule has 0 radical (unpaired) electrons. The standard InChI is InChI=1S/C13H17N3O3S2/c1-3-10-7-14-13(16-10)21(18,19)8-12(17)15-9(2)11-5-4-6-20-11/h4-7,9H,3,8H2,1-2H3,(H,14,16)(H,15,17)/t9-/m1/s1. The first-order valence-electron chi connectivity index (χ1n) is 6.51. The van der Waals surface area contributed by atoms with Crippen LogP contribution in [0.2, 0.25) is 0 Å². The van der Waals surface area contributed by atoms with Gasteiger partial charge in [-0.05, 0) is 24.8 Å². The van der Waals surface area contributed by atoms with Gasteiger partial charge in [-0.1, -0.05) is 13.0 Å². The van der Waals surface area contributed by atoms with Gasteiger partial charge in [0.2, 0.25) is 20.9 Å². The second-order valence-electron chi connectivity index (χ2n) is 4.63. The molecule has 0 aliphatic heterocycles. The van der Waals surface area contributed by atoms with Gasteiger partial charge in [0.05, 0.1) is 6.04 Å². The molecular formula is C13H17N3O3S2. The molecule has 114 valence electrons. The number of H-pyrrole nitrogens is 1. The third-order valence-corrected chi connectivity index (χ3v) is 5.44. The molecule has 0 fully saturated rings. The lowest BCUT2D eigenvalue weighted by atomic mass is 10.3. The second kappa shape index (κ2) is 6.40. The highest BCUT2D eigenvalue weighted by molar-refractivity contribution is 7.91. The highest BCUT2D eigenvalue weighted by atomic mass is 32.2. The largest absolute Gasteiger partial charge is 0.348 e. The SMILES string of the molecule is CCc1cnc(S(=O)(=O)CC(=O)N[C@H](C)c2cccs2)[nH]1. The number of rotatable bonds is 6. The Hall–Kier alpha value is -1.67. The van der Waals surface area contributed by atoms with Gasteiger partial charge in [0.1, 0.15) is 5.75 Å². The summed E-state index contributed by atoms with van der Waals surface area (Å²) in [5.41, 5.74) is 0.723. The number of amides is 1. The molecule has 2 N–H and O–H groups in total. The molecule has 6 nitrogen and oxygen atoms in total. The number of sulfone groups is 1. The number of thiophene rings is 1. The number of aromatic nitrogens is 2. The summed E-state index contributed by atoms with van der Waals surface area (Å²) in [6.45, 7) is 3.71. The van der Waals surface area contributed by atoms with E-state index in [4.69, 9.17) is 0 Å². The summed E-state index contributed by atoms with van der Waals surface area (Å²) in [5.74, 6) is -1.15. The van der Waals surface area contributed by atoms with Crippen LogP contribution in [0.15, 0.2) is 28.9 Å². The van der Waals surface area contributed by atoms with Crippen molar-refractivity contribution in [2.45, 2.75) is 31.5 Å². The maximum absolute atomic E-state index is 12.1. The van der Waals surface area contributed by atoms with E-state index in [0.717, 1.165) is 10.6 Å². The number of aromatic amines is 1. The third kappa shape index (κ3) is 3.92. The van der Waals surface area contributed by atoms with E-state index in [-0.39, 0.29) is 11.2 Å². The summed E-state index contributed by atoms with van der Waals surface area (Å²) < 4.78 is 24.2. The van der Waals surface area contributed by atoms with E-state index in [1.807, 2.05) is 31.4 Å². The minimum atomic E-state index is -3.74. The lowest BCUT2D eigenvalue weighted by molar-refractivity contribution is -0.119. The highest BCUT2D eigenvalue weighted by Crippen LogP contribution is 2.18. The van der Waals surface area contributed by atoms with Crippen LogP contribution in [0.1, 0.15) is 30.5 Å². The molecule has 0 aliphatic rings. The van der Waals surface area contributed by atoms with Gasteiger partial charge in [-0.25, -0.2) is 13.4 Å². The van der Waals surface area contributed by atoms with Gasteiger partial charge < -0.3 is 10.3 Å². The zero-order valence-corrected chi connectivity index (χ0v) is 13.4. The molecule has 1 amide bonds. The molecule has 1 atom stereocenters. The van der Waals surface area contributed by atoms with Crippen LogP contribution in [0, 0.1) is 0 Å². The van der Waals surface area contributed by atoms with Gasteiger partial charge in [-0.3, -0.25) is 4.79 Å². The lowest BCUT2D eigenvalue weighted by Crippen LogP contribution is -2.32. The Kier molecular flexibility index (Phi) is 4.79. The summed E-state index contributed by atoms with van der Waals surface area (Å²) in [4.78, 5) is 19.4. The Labute approximate surface area is 127 Å². The molecule has 2 rings (SSSR count). The minimum Gasteiger partial charge on any atom is -0.348 e. The topological polar surface area (TPSA) is 91.9 Å². The van der Waals surface area contributed by atoms with Gasteiger partial charge in [0.15, 0.2) is 0 Å². The molecule has 0 saturated heterocycles. The number of nitrogens with one attached hydrogen (secondary N) is 2. The van der Waals surface area contributed by atoms with Gasteiger partial charge in [-0.15, -0.1) is 11.3 Å². The Balaban J connectivity index is 2.01. The van der Waals surface area contributed by atoms with Crippen molar-refractivity contribution in [1.82, 2.24) is 15.3 Å². The maximum Gasteiger partial charge on any atom is 0.236 e. The third-order valence-electron chi connectivity index (χ3n) is 2.95. The number of imidazole rings is 1. The van der Waals surface area contributed by atoms with E-state index in [0.29, 0.717) is 6.42 Å². The van der Waals surface area contributed by atoms with Crippen molar-refractivity contribution in [3.05, 3.63) is 34.3 Å². The summed E-state index contributed by atoms with van der Waals surface area (Å²) in [7, 11) is -3.74. The van der Waals surface area contributed by atoms with E-state index >= 15 is 0 Å². The van der Waals surface area contributed by atoms with Crippen LogP contribution in [-0.2, 0) is 21.1 Å². The molecule has 2 aromatic rings. The van der Waals surface area contributed by atoms with Crippen molar-refractivity contribution in [3.8, 4) is 0 Å². The maximum atomic E-state index is 12.1. The number of hydrogen-bond acceptors (Lipinski definition) is 5. The number of nitrogens with zero attached hydrogens (tertiary/aromatic N) is 1. The Bertz CT molecular complexity index is 705. The molecule has 0 aromatic carbocycles. The Morgan fingerprint density at radius 1 is 1.52 bits per heavy atom. The first-order valence-corrected chi connectivity index (χ1v) is 9.05. The second-order valence-corrected chi connectivity index (χ2v) is 7.51. The van der Waals surface area contributed by atoms with Crippen molar-refractivity contribution in [2.75, 3.05) is 5.75 Å². The number of hydrogen-bond donors (Lipinski definition) is 2. The van der Waals surface area contributed by atoms with Crippen LogP contribution in [0.25, 0.3) is 0 Å². The molecule has 0 bridgehead atoms. The molecule has 21 heavy (non-hydrogen) atoms. The molecule has 0 saturated carbocycles. The average molecular weight is 327 g/mol. The van der Waals surface area contributed by atoms with Gasteiger partial charge in [-0.2, -0.15) is 0 Å². The van der Waals surface area contributed by atoms with Crippen molar-refractivity contribution in [3.63, 3.8) is 0 Å². The van der Waals surface area contributed by atoms with Gasteiger partial charge in [0.25, 0.3) is 0 Å². The van der Waals surface area contributed by atoms with E-state index < -0.39 is 21.5 Å². The normalized spacial score (nSPS) is 13.0. The van der Waals surface area contributed by atoms with Crippen LogP contribution < -0.4 is 5.32 Å². The monoisotopic (exact) mass is 327 g/mol. The van der Waals surface area contributed by atoms with Crippen LogP contribution in [0.3, 0.4) is 0 Å². The van der Waals surface area contributed by atoms with Gasteiger partial charge in [0, 0.05) is 16.8 Å². The highest BCUT2D eigenvalue weighted by Gasteiger charge is 2.23. The summed E-state index contributed by atoms with van der Waals surface area (Å²) in [5, 5.41) is 4.43. The fourth-order valence-electron chi connectivity index (χ4n) is 1.81.